The first kappa shape index (κ1) is 21.6. The van der Waals surface area contributed by atoms with Gasteiger partial charge in [-0.25, -0.2) is 0 Å². The fourth-order valence-corrected chi connectivity index (χ4v) is 3.80. The molecule has 2 N–H and O–H groups in total. The maximum atomic E-state index is 12.9. The van der Waals surface area contributed by atoms with Crippen molar-refractivity contribution in [2.24, 2.45) is 0 Å². The van der Waals surface area contributed by atoms with Gasteiger partial charge in [-0.1, -0.05) is 38.1 Å². The zero-order valence-electron chi connectivity index (χ0n) is 17.4. The van der Waals surface area contributed by atoms with Crippen LogP contribution in [0, 0.1) is 13.8 Å². The van der Waals surface area contributed by atoms with Gasteiger partial charge in [0.2, 0.25) is 0 Å². The van der Waals surface area contributed by atoms with E-state index in [1.54, 1.807) is 36.4 Å². The summed E-state index contributed by atoms with van der Waals surface area (Å²) in [7, 11) is 0. The van der Waals surface area contributed by atoms with Crippen LogP contribution in [0.25, 0.3) is 0 Å². The molecule has 3 aromatic carbocycles. The van der Waals surface area contributed by atoms with Crippen molar-refractivity contribution in [3.05, 3.63) is 94.0 Å². The lowest BCUT2D eigenvalue weighted by Crippen LogP contribution is -2.22. The lowest BCUT2D eigenvalue weighted by Gasteiger charge is -2.29. The molecule has 0 aliphatic heterocycles. The minimum Gasteiger partial charge on any atom is -0.508 e. The minimum absolute atomic E-state index is 0.231. The number of carbonyl (C=O) groups is 2. The second-order valence-corrected chi connectivity index (χ2v) is 8.31. The van der Waals surface area contributed by atoms with E-state index in [2.05, 4.69) is 19.2 Å². The lowest BCUT2D eigenvalue weighted by atomic mass is 9.75. The Morgan fingerprint density at radius 2 is 1.60 bits per heavy atom. The number of amides is 1. The summed E-state index contributed by atoms with van der Waals surface area (Å²) in [6, 6.07) is 17.7. The van der Waals surface area contributed by atoms with E-state index in [9.17, 15) is 14.7 Å². The Labute approximate surface area is 181 Å². The molecule has 1 amide bonds. The van der Waals surface area contributed by atoms with E-state index in [1.165, 1.54) is 0 Å². The van der Waals surface area contributed by atoms with Gasteiger partial charge in [0.15, 0.2) is 0 Å². The number of rotatable bonds is 5. The average molecular weight is 422 g/mol. The highest BCUT2D eigenvalue weighted by atomic mass is 35.5. The largest absolute Gasteiger partial charge is 0.508 e. The van der Waals surface area contributed by atoms with Crippen LogP contribution >= 0.6 is 11.6 Å². The predicted octanol–water partition coefficient (Wildman–Crippen LogP) is 5.97. The number of halogens is 1. The summed E-state index contributed by atoms with van der Waals surface area (Å²) in [5, 5.41) is 11.9. The van der Waals surface area contributed by atoms with Crippen LogP contribution in [0.1, 0.15) is 56.8 Å². The summed E-state index contributed by atoms with van der Waals surface area (Å²) in [6.07, 6.45) is 0. The molecule has 5 heteroatoms. The highest BCUT2D eigenvalue weighted by molar-refractivity contribution is 6.67. The molecule has 154 valence electrons. The van der Waals surface area contributed by atoms with Gasteiger partial charge < -0.3 is 10.4 Å². The van der Waals surface area contributed by atoms with Crippen LogP contribution in [0.15, 0.2) is 60.7 Å². The Hall–Kier alpha value is -3.11. The number of benzene rings is 3. The number of aromatic hydroxyl groups is 1. The molecule has 0 aliphatic rings. The molecule has 0 spiro atoms. The Morgan fingerprint density at radius 3 is 2.23 bits per heavy atom. The van der Waals surface area contributed by atoms with E-state index in [4.69, 9.17) is 11.6 Å². The number of hydrogen-bond donors (Lipinski definition) is 2. The molecule has 0 aromatic heterocycles. The van der Waals surface area contributed by atoms with Gasteiger partial charge in [0.05, 0.1) is 0 Å². The van der Waals surface area contributed by atoms with Crippen LogP contribution in [0.4, 0.5) is 5.69 Å². The van der Waals surface area contributed by atoms with Gasteiger partial charge in [0.25, 0.3) is 11.1 Å². The summed E-state index contributed by atoms with van der Waals surface area (Å²) >= 11 is 5.53. The molecule has 30 heavy (non-hydrogen) atoms. The van der Waals surface area contributed by atoms with Gasteiger partial charge in [-0.05, 0) is 84.1 Å². The van der Waals surface area contributed by atoms with Gasteiger partial charge in [0.1, 0.15) is 5.75 Å². The molecule has 0 saturated carbocycles. The number of nitrogens with one attached hydrogen (secondary N) is 1. The Balaban J connectivity index is 1.92. The third-order valence-electron chi connectivity index (χ3n) is 5.43. The number of phenols is 1. The first-order valence-corrected chi connectivity index (χ1v) is 10.00. The normalized spacial score (nSPS) is 11.2. The first-order chi connectivity index (χ1) is 14.1. The fourth-order valence-electron chi connectivity index (χ4n) is 3.69. The van der Waals surface area contributed by atoms with Crippen molar-refractivity contribution in [2.75, 3.05) is 5.32 Å². The predicted molar refractivity (Wildman–Crippen MR) is 121 cm³/mol. The number of phenolic OH excluding ortho intramolecular Hbond substituents is 1. The van der Waals surface area contributed by atoms with E-state index in [1.807, 2.05) is 38.1 Å². The molecule has 0 heterocycles. The molecule has 3 rings (SSSR count). The summed E-state index contributed by atoms with van der Waals surface area (Å²) in [5.74, 6) is -0.0156. The second-order valence-electron chi connectivity index (χ2n) is 7.96. The maximum absolute atomic E-state index is 12.9. The number of anilines is 1. The number of carbonyl (C=O) groups excluding carboxylic acids is 2. The van der Waals surface area contributed by atoms with Gasteiger partial charge in [-0.3, -0.25) is 9.59 Å². The van der Waals surface area contributed by atoms with E-state index in [0.29, 0.717) is 16.8 Å². The molecule has 0 bridgehead atoms. The monoisotopic (exact) mass is 421 g/mol. The fraction of sp³-hybridized carbons (Fsp3) is 0.200. The van der Waals surface area contributed by atoms with Gasteiger partial charge in [-0.2, -0.15) is 0 Å². The topological polar surface area (TPSA) is 66.4 Å². The van der Waals surface area contributed by atoms with E-state index in [-0.39, 0.29) is 17.1 Å². The Bertz CT molecular complexity index is 1120. The third kappa shape index (κ3) is 4.39. The van der Waals surface area contributed by atoms with Crippen LogP contribution < -0.4 is 5.32 Å². The van der Waals surface area contributed by atoms with E-state index in [0.717, 1.165) is 22.3 Å². The molecule has 0 atom stereocenters. The highest BCUT2D eigenvalue weighted by Crippen LogP contribution is 2.35. The van der Waals surface area contributed by atoms with E-state index < -0.39 is 5.24 Å². The lowest BCUT2D eigenvalue weighted by molar-refractivity contribution is 0.102. The minimum atomic E-state index is -0.570. The molecule has 4 nitrogen and oxygen atoms in total. The smallest absolute Gasteiger partial charge is 0.255 e. The highest BCUT2D eigenvalue weighted by Gasteiger charge is 2.26. The summed E-state index contributed by atoms with van der Waals surface area (Å²) in [5.41, 5.74) is 5.13. The van der Waals surface area contributed by atoms with Crippen molar-refractivity contribution in [1.29, 1.82) is 0 Å². The van der Waals surface area contributed by atoms with Crippen molar-refractivity contribution < 1.29 is 14.7 Å². The molecule has 3 aromatic rings. The van der Waals surface area contributed by atoms with Crippen molar-refractivity contribution >= 4 is 28.4 Å². The van der Waals surface area contributed by atoms with Crippen LogP contribution in [0.2, 0.25) is 0 Å². The summed E-state index contributed by atoms with van der Waals surface area (Å²) < 4.78 is 0. The third-order valence-corrected chi connectivity index (χ3v) is 5.64. The van der Waals surface area contributed by atoms with Gasteiger partial charge in [0, 0.05) is 22.2 Å². The van der Waals surface area contributed by atoms with Crippen LogP contribution in [0.3, 0.4) is 0 Å². The van der Waals surface area contributed by atoms with Crippen molar-refractivity contribution in [3.63, 3.8) is 0 Å². The van der Waals surface area contributed by atoms with Gasteiger partial charge in [-0.15, -0.1) is 0 Å². The number of aryl methyl sites for hydroxylation is 2. The first-order valence-electron chi connectivity index (χ1n) is 9.62. The molecule has 0 radical (unpaired) electrons. The standard InChI is InChI=1S/C25H24ClNO3/c1-15-13-22(25(3,4)18-8-10-20(28)11-9-18)16(2)12-21(15)24(30)27-19-7-5-6-17(14-19)23(26)29/h5-14,28H,1-4H3,(H,27,30). The number of hydrogen-bond acceptors (Lipinski definition) is 3. The maximum Gasteiger partial charge on any atom is 0.255 e. The van der Waals surface area contributed by atoms with Crippen LogP contribution in [0.5, 0.6) is 5.75 Å². The Morgan fingerprint density at radius 1 is 0.933 bits per heavy atom. The van der Waals surface area contributed by atoms with E-state index >= 15 is 0 Å². The molecule has 0 unspecified atom stereocenters. The van der Waals surface area contributed by atoms with Crippen molar-refractivity contribution in [1.82, 2.24) is 0 Å². The zero-order valence-corrected chi connectivity index (χ0v) is 18.2. The van der Waals surface area contributed by atoms with Gasteiger partial charge >= 0.3 is 0 Å². The molecule has 0 saturated heterocycles. The SMILES string of the molecule is Cc1cc(C(C)(C)c2ccc(O)cc2)c(C)cc1C(=O)Nc1cccc(C(=O)Cl)c1. The van der Waals surface area contributed by atoms with Crippen LogP contribution in [-0.4, -0.2) is 16.3 Å². The molecular weight excluding hydrogens is 398 g/mol. The quantitative estimate of drug-likeness (QED) is 0.499. The summed E-state index contributed by atoms with van der Waals surface area (Å²) in [6.45, 7) is 8.13. The zero-order chi connectivity index (χ0) is 22.1. The Kier molecular flexibility index (Phi) is 5.99. The molecular formula is C25H24ClNO3. The average Bonchev–Trinajstić information content (AvgIpc) is 2.69. The van der Waals surface area contributed by atoms with Crippen molar-refractivity contribution in [3.8, 4) is 5.75 Å². The second kappa shape index (κ2) is 8.33. The summed E-state index contributed by atoms with van der Waals surface area (Å²) in [4.78, 5) is 24.2. The van der Waals surface area contributed by atoms with Crippen molar-refractivity contribution in [2.45, 2.75) is 33.1 Å². The molecule has 0 aliphatic carbocycles. The van der Waals surface area contributed by atoms with Crippen LogP contribution in [-0.2, 0) is 5.41 Å². The molecule has 0 fully saturated rings.